The van der Waals surface area contributed by atoms with Gasteiger partial charge in [0.05, 0.1) is 11.4 Å². The maximum Gasteiger partial charge on any atom is 0.0715 e. The quantitative estimate of drug-likeness (QED) is 0.370. The first-order chi connectivity index (χ1) is 13.5. The third kappa shape index (κ3) is 3.89. The molecule has 0 unspecified atom stereocenters. The molecule has 1 heterocycles. The van der Waals surface area contributed by atoms with Crippen molar-refractivity contribution in [3.8, 4) is 33.6 Å². The van der Waals surface area contributed by atoms with E-state index in [0.717, 1.165) is 22.5 Å². The summed E-state index contributed by atoms with van der Waals surface area (Å²) in [4.78, 5) is 4.97. The van der Waals surface area contributed by atoms with Crippen LogP contribution in [-0.2, 0) is 5.41 Å². The van der Waals surface area contributed by atoms with Crippen LogP contribution in [0.2, 0.25) is 0 Å². The van der Waals surface area contributed by atoms with E-state index in [-0.39, 0.29) is 5.41 Å². The van der Waals surface area contributed by atoms with Gasteiger partial charge in [-0.1, -0.05) is 106 Å². The molecule has 0 aliphatic carbocycles. The minimum absolute atomic E-state index is 0.119. The Morgan fingerprint density at radius 2 is 1.00 bits per heavy atom. The predicted molar refractivity (Wildman–Crippen MR) is 119 cm³/mol. The Morgan fingerprint density at radius 3 is 1.50 bits per heavy atom. The minimum Gasteiger partial charge on any atom is -0.248 e. The molecule has 0 bridgehead atoms. The fourth-order valence-corrected chi connectivity index (χ4v) is 3.38. The zero-order valence-corrected chi connectivity index (χ0v) is 16.7. The van der Waals surface area contributed by atoms with Crippen molar-refractivity contribution in [2.24, 2.45) is 0 Å². The average molecular weight is 364 g/mol. The van der Waals surface area contributed by atoms with E-state index in [1.165, 1.54) is 16.7 Å². The second kappa shape index (κ2) is 7.44. The van der Waals surface area contributed by atoms with Crippen LogP contribution in [0, 0.1) is 0 Å². The van der Waals surface area contributed by atoms with Crippen molar-refractivity contribution >= 4 is 0 Å². The number of aromatic nitrogens is 1. The molecular formula is C27H25N. The Bertz CT molecular complexity index is 1020. The van der Waals surface area contributed by atoms with Crippen molar-refractivity contribution in [3.63, 3.8) is 0 Å². The lowest BCUT2D eigenvalue weighted by atomic mass is 9.85. The van der Waals surface area contributed by atoms with Gasteiger partial charge in [0.1, 0.15) is 0 Å². The summed E-state index contributed by atoms with van der Waals surface area (Å²) in [7, 11) is 0. The highest BCUT2D eigenvalue weighted by molar-refractivity contribution is 5.76. The van der Waals surface area contributed by atoms with Crippen LogP contribution in [0.3, 0.4) is 0 Å². The van der Waals surface area contributed by atoms with E-state index in [1.54, 1.807) is 0 Å². The summed E-state index contributed by atoms with van der Waals surface area (Å²) in [6.07, 6.45) is 0. The van der Waals surface area contributed by atoms with Gasteiger partial charge in [0.15, 0.2) is 0 Å². The van der Waals surface area contributed by atoms with Crippen LogP contribution in [0.1, 0.15) is 26.3 Å². The number of benzene rings is 3. The van der Waals surface area contributed by atoms with Gasteiger partial charge in [0.25, 0.3) is 0 Å². The number of pyridine rings is 1. The van der Waals surface area contributed by atoms with Crippen LogP contribution in [0.4, 0.5) is 0 Å². The summed E-state index contributed by atoms with van der Waals surface area (Å²) in [6, 6.07) is 34.0. The number of rotatable bonds is 3. The molecular weight excluding hydrogens is 338 g/mol. The molecule has 1 heteroatoms. The maximum atomic E-state index is 4.97. The van der Waals surface area contributed by atoms with Crippen molar-refractivity contribution in [2.45, 2.75) is 26.2 Å². The Balaban J connectivity index is 1.90. The van der Waals surface area contributed by atoms with Crippen LogP contribution in [-0.4, -0.2) is 4.98 Å². The molecule has 0 aliphatic rings. The SMILES string of the molecule is CC(C)(C)c1cccc(-c2cc(-c3ccccc3)nc(-c3ccccc3)c2)c1. The third-order valence-corrected chi connectivity index (χ3v) is 5.03. The predicted octanol–water partition coefficient (Wildman–Crippen LogP) is 7.38. The Morgan fingerprint density at radius 1 is 0.500 bits per heavy atom. The first-order valence-corrected chi connectivity index (χ1v) is 9.74. The molecule has 0 radical (unpaired) electrons. The molecule has 0 atom stereocenters. The largest absolute Gasteiger partial charge is 0.248 e. The van der Waals surface area contributed by atoms with E-state index in [9.17, 15) is 0 Å². The summed E-state index contributed by atoms with van der Waals surface area (Å²) in [5.74, 6) is 0. The molecule has 4 rings (SSSR count). The Labute approximate surface area is 167 Å². The molecule has 0 fully saturated rings. The maximum absolute atomic E-state index is 4.97. The van der Waals surface area contributed by atoms with Gasteiger partial charge in [0, 0.05) is 11.1 Å². The van der Waals surface area contributed by atoms with Crippen molar-refractivity contribution in [1.29, 1.82) is 0 Å². The van der Waals surface area contributed by atoms with Crippen LogP contribution >= 0.6 is 0 Å². The van der Waals surface area contributed by atoms with Gasteiger partial charge in [-0.15, -0.1) is 0 Å². The van der Waals surface area contributed by atoms with Crippen molar-refractivity contribution in [2.75, 3.05) is 0 Å². The van der Waals surface area contributed by atoms with Gasteiger partial charge in [-0.25, -0.2) is 4.98 Å². The fourth-order valence-electron chi connectivity index (χ4n) is 3.38. The molecule has 1 nitrogen and oxygen atoms in total. The molecule has 0 N–H and O–H groups in total. The van der Waals surface area contributed by atoms with E-state index >= 15 is 0 Å². The standard InChI is InChI=1S/C27H25N/c1-27(2,3)24-16-10-15-22(17-24)23-18-25(20-11-6-4-7-12-20)28-26(19-23)21-13-8-5-9-14-21/h4-19H,1-3H3. The molecule has 0 spiro atoms. The van der Waals surface area contributed by atoms with Crippen LogP contribution in [0.15, 0.2) is 97.1 Å². The smallest absolute Gasteiger partial charge is 0.0715 e. The molecule has 0 aliphatic heterocycles. The summed E-state index contributed by atoms with van der Waals surface area (Å²) >= 11 is 0. The van der Waals surface area contributed by atoms with Crippen molar-refractivity contribution < 1.29 is 0 Å². The van der Waals surface area contributed by atoms with Gasteiger partial charge in [-0.2, -0.15) is 0 Å². The molecule has 0 amide bonds. The molecule has 1 aromatic heterocycles. The summed E-state index contributed by atoms with van der Waals surface area (Å²) in [6.45, 7) is 6.76. The van der Waals surface area contributed by atoms with Gasteiger partial charge in [-0.3, -0.25) is 0 Å². The summed E-state index contributed by atoms with van der Waals surface area (Å²) < 4.78 is 0. The van der Waals surface area contributed by atoms with Gasteiger partial charge < -0.3 is 0 Å². The second-order valence-corrected chi connectivity index (χ2v) is 8.19. The number of hydrogen-bond acceptors (Lipinski definition) is 1. The second-order valence-electron chi connectivity index (χ2n) is 8.19. The topological polar surface area (TPSA) is 12.9 Å². The highest BCUT2D eigenvalue weighted by Crippen LogP contribution is 2.32. The minimum atomic E-state index is 0.119. The first-order valence-electron chi connectivity index (χ1n) is 9.74. The zero-order chi connectivity index (χ0) is 19.6. The lowest BCUT2D eigenvalue weighted by Crippen LogP contribution is -2.10. The fraction of sp³-hybridized carbons (Fsp3) is 0.148. The first kappa shape index (κ1) is 18.2. The van der Waals surface area contributed by atoms with E-state index in [1.807, 2.05) is 12.1 Å². The van der Waals surface area contributed by atoms with E-state index in [4.69, 9.17) is 4.98 Å². The molecule has 4 aromatic rings. The molecule has 28 heavy (non-hydrogen) atoms. The Hall–Kier alpha value is -3.19. The van der Waals surface area contributed by atoms with Crippen LogP contribution in [0.25, 0.3) is 33.6 Å². The van der Waals surface area contributed by atoms with Crippen molar-refractivity contribution in [3.05, 3.63) is 103 Å². The van der Waals surface area contributed by atoms with Gasteiger partial charge in [-0.05, 0) is 34.2 Å². The molecule has 0 saturated carbocycles. The van der Waals surface area contributed by atoms with Crippen LogP contribution < -0.4 is 0 Å². The average Bonchev–Trinajstić information content (AvgIpc) is 2.74. The van der Waals surface area contributed by atoms with E-state index < -0.39 is 0 Å². The number of hydrogen-bond donors (Lipinski definition) is 0. The monoisotopic (exact) mass is 363 g/mol. The highest BCUT2D eigenvalue weighted by atomic mass is 14.7. The lowest BCUT2D eigenvalue weighted by Gasteiger charge is -2.20. The molecule has 3 aromatic carbocycles. The number of nitrogens with zero attached hydrogens (tertiary/aromatic N) is 1. The lowest BCUT2D eigenvalue weighted by molar-refractivity contribution is 0.590. The van der Waals surface area contributed by atoms with Crippen molar-refractivity contribution in [1.82, 2.24) is 4.98 Å². The van der Waals surface area contributed by atoms with Gasteiger partial charge >= 0.3 is 0 Å². The molecule has 138 valence electrons. The van der Waals surface area contributed by atoms with E-state index in [2.05, 4.69) is 106 Å². The van der Waals surface area contributed by atoms with Gasteiger partial charge in [0.2, 0.25) is 0 Å². The summed E-state index contributed by atoms with van der Waals surface area (Å²) in [5.41, 5.74) is 8.14. The third-order valence-electron chi connectivity index (χ3n) is 5.03. The Kier molecular flexibility index (Phi) is 4.83. The van der Waals surface area contributed by atoms with Crippen LogP contribution in [0.5, 0.6) is 0 Å². The molecule has 0 saturated heterocycles. The van der Waals surface area contributed by atoms with E-state index in [0.29, 0.717) is 0 Å². The zero-order valence-electron chi connectivity index (χ0n) is 16.7. The highest BCUT2D eigenvalue weighted by Gasteiger charge is 2.15. The normalized spacial score (nSPS) is 11.4. The summed E-state index contributed by atoms with van der Waals surface area (Å²) in [5, 5.41) is 0.